The van der Waals surface area contributed by atoms with Gasteiger partial charge in [-0.3, -0.25) is 14.9 Å². The molecule has 0 spiro atoms. The minimum atomic E-state index is -0.418. The normalized spacial score (nSPS) is 17.7. The fourth-order valence-corrected chi connectivity index (χ4v) is 6.87. The van der Waals surface area contributed by atoms with E-state index < -0.39 is 4.92 Å². The molecule has 1 aliphatic carbocycles. The van der Waals surface area contributed by atoms with E-state index in [1.807, 2.05) is 48.5 Å². The first-order valence-corrected chi connectivity index (χ1v) is 15.7. The summed E-state index contributed by atoms with van der Waals surface area (Å²) < 4.78 is 11.6. The number of nitriles is 1. The van der Waals surface area contributed by atoms with Crippen molar-refractivity contribution in [3.63, 3.8) is 0 Å². The molecule has 0 radical (unpaired) electrons. The molecule has 2 aliphatic rings. The van der Waals surface area contributed by atoms with Gasteiger partial charge in [-0.1, -0.05) is 37.5 Å². The van der Waals surface area contributed by atoms with Crippen molar-refractivity contribution >= 4 is 28.3 Å². The first-order chi connectivity index (χ1) is 19.9. The maximum absolute atomic E-state index is 13.3. The van der Waals surface area contributed by atoms with E-state index in [0.717, 1.165) is 38.5 Å². The molecule has 2 aromatic carbocycles. The topological polar surface area (TPSA) is 106 Å². The molecule has 1 atom stereocenters. The van der Waals surface area contributed by atoms with Crippen molar-refractivity contribution in [1.82, 2.24) is 4.90 Å². The van der Waals surface area contributed by atoms with Gasteiger partial charge in [0.1, 0.15) is 11.5 Å². The van der Waals surface area contributed by atoms with Crippen LogP contribution in [0.2, 0.25) is 0 Å². The van der Waals surface area contributed by atoms with Crippen LogP contribution in [0.25, 0.3) is 4.91 Å². The van der Waals surface area contributed by atoms with Crippen LogP contribution in [0.15, 0.2) is 54.1 Å². The fourth-order valence-electron chi connectivity index (χ4n) is 6.07. The van der Waals surface area contributed by atoms with Crippen molar-refractivity contribution < 1.29 is 19.2 Å². The maximum atomic E-state index is 13.3. The molecule has 218 valence electrons. The highest BCUT2D eigenvalue weighted by Gasteiger charge is 2.33. The maximum Gasteiger partial charge on any atom is 0.278 e. The van der Waals surface area contributed by atoms with Crippen molar-refractivity contribution in [2.24, 2.45) is 11.8 Å². The van der Waals surface area contributed by atoms with Gasteiger partial charge in [-0.2, -0.15) is 5.26 Å². The summed E-state index contributed by atoms with van der Waals surface area (Å²) in [6, 6.07) is 16.6. The van der Waals surface area contributed by atoms with Gasteiger partial charge in [-0.15, -0.1) is 11.8 Å². The number of nitro benzene ring substituents is 1. The summed E-state index contributed by atoms with van der Waals surface area (Å²) in [5.41, 5.74) is 0.772. The number of carbonyl (C=O) groups excluding carboxylic acids is 1. The fraction of sp³-hybridized carbons (Fsp3) is 0.500. The molecule has 1 saturated heterocycles. The van der Waals surface area contributed by atoms with E-state index in [9.17, 15) is 20.2 Å². The summed E-state index contributed by atoms with van der Waals surface area (Å²) in [6.45, 7) is 1.20. The van der Waals surface area contributed by atoms with Gasteiger partial charge < -0.3 is 14.4 Å². The number of ether oxygens (including phenoxy) is 2. The highest BCUT2D eigenvalue weighted by atomic mass is 32.2. The zero-order valence-corrected chi connectivity index (χ0v) is 24.7. The van der Waals surface area contributed by atoms with Crippen molar-refractivity contribution in [1.29, 1.82) is 5.26 Å². The number of hydrogen-bond acceptors (Lipinski definition) is 7. The Kier molecular flexibility index (Phi) is 11.2. The Balaban J connectivity index is 1.69. The van der Waals surface area contributed by atoms with Crippen molar-refractivity contribution in [3.8, 4) is 17.6 Å². The van der Waals surface area contributed by atoms with Crippen LogP contribution in [0.1, 0.15) is 63.4 Å². The Morgan fingerprint density at radius 1 is 1.12 bits per heavy atom. The number of benzene rings is 2. The second kappa shape index (κ2) is 15.0. The van der Waals surface area contributed by atoms with Crippen molar-refractivity contribution in [3.05, 3.63) is 69.8 Å². The smallest absolute Gasteiger partial charge is 0.278 e. The van der Waals surface area contributed by atoms with Gasteiger partial charge in [-0.05, 0) is 74.5 Å². The zero-order chi connectivity index (χ0) is 29.2. The largest absolute Gasteiger partial charge is 0.457 e. The number of rotatable bonds is 11. The third-order valence-electron chi connectivity index (χ3n) is 8.35. The van der Waals surface area contributed by atoms with E-state index in [-0.39, 0.29) is 29.5 Å². The van der Waals surface area contributed by atoms with E-state index in [1.165, 1.54) is 24.2 Å². The number of amides is 1. The molecule has 0 bridgehead atoms. The van der Waals surface area contributed by atoms with Gasteiger partial charge >= 0.3 is 0 Å². The summed E-state index contributed by atoms with van der Waals surface area (Å²) >= 11 is 1.33. The lowest BCUT2D eigenvalue weighted by atomic mass is 9.78. The molecule has 8 nitrogen and oxygen atoms in total. The number of thioether (sulfide) groups is 1. The molecule has 4 rings (SSSR count). The highest BCUT2D eigenvalue weighted by Crippen LogP contribution is 2.43. The third kappa shape index (κ3) is 7.90. The number of allylic oxidation sites excluding steroid dienone is 1. The Bertz CT molecular complexity index is 1260. The van der Waals surface area contributed by atoms with Gasteiger partial charge in [0.15, 0.2) is 0 Å². The number of hydrogen-bond donors (Lipinski definition) is 0. The van der Waals surface area contributed by atoms with Crippen LogP contribution in [0.3, 0.4) is 0 Å². The molecule has 1 unspecified atom stereocenters. The standard InChI is InChI=1S/C32H39N3O5S/c1-34(24-9-5-3-6-10-24)31(36)16-14-27(23-17-19-39-20-18-23)29(22-33)32(41-2)28-21-26(13-15-30(28)35(37)38)40-25-11-7-4-8-12-25/h4,7-8,11-13,15,21,23-24,27H,3,5-6,9-10,14,16-20H2,1-2H3/b32-29-. The third-order valence-corrected chi connectivity index (χ3v) is 9.20. The molecule has 1 aliphatic heterocycles. The van der Waals surface area contributed by atoms with Crippen LogP contribution in [-0.4, -0.2) is 48.3 Å². The zero-order valence-electron chi connectivity index (χ0n) is 23.9. The quantitative estimate of drug-likeness (QED) is 0.154. The summed E-state index contributed by atoms with van der Waals surface area (Å²) in [5, 5.41) is 22.7. The van der Waals surface area contributed by atoms with Gasteiger partial charge in [0.05, 0.1) is 16.6 Å². The van der Waals surface area contributed by atoms with Crippen LogP contribution in [0.5, 0.6) is 11.5 Å². The molecule has 41 heavy (non-hydrogen) atoms. The molecule has 1 heterocycles. The predicted octanol–water partition coefficient (Wildman–Crippen LogP) is 7.60. The SMILES string of the molecule is CS/C(=C(/C#N)C(CCC(=O)N(C)C1CCCCC1)C1CCOCC1)c1cc(Oc2ccccc2)ccc1[N+](=O)[O-]. The first kappa shape index (κ1) is 30.6. The predicted molar refractivity (Wildman–Crippen MR) is 162 cm³/mol. The molecule has 1 saturated carbocycles. The van der Waals surface area contributed by atoms with Crippen LogP contribution in [0.4, 0.5) is 5.69 Å². The lowest BCUT2D eigenvalue weighted by molar-refractivity contribution is -0.385. The Labute approximate surface area is 246 Å². The highest BCUT2D eigenvalue weighted by molar-refractivity contribution is 8.07. The van der Waals surface area contributed by atoms with Crippen molar-refractivity contribution in [2.75, 3.05) is 26.5 Å². The van der Waals surface area contributed by atoms with Crippen LogP contribution < -0.4 is 4.74 Å². The summed E-state index contributed by atoms with van der Waals surface area (Å²) in [7, 11) is 1.90. The molecular formula is C32H39N3O5S. The summed E-state index contributed by atoms with van der Waals surface area (Å²) in [5.74, 6) is 1.10. The van der Waals surface area contributed by atoms with Gasteiger partial charge in [0.2, 0.25) is 5.91 Å². The average Bonchev–Trinajstić information content (AvgIpc) is 3.01. The molecule has 0 aromatic heterocycles. The average molecular weight is 578 g/mol. The molecule has 2 aromatic rings. The molecule has 1 amide bonds. The molecule has 0 N–H and O–H groups in total. The van der Waals surface area contributed by atoms with E-state index in [2.05, 4.69) is 6.07 Å². The second-order valence-electron chi connectivity index (χ2n) is 10.8. The van der Waals surface area contributed by atoms with Crippen molar-refractivity contribution in [2.45, 2.75) is 63.8 Å². The van der Waals surface area contributed by atoms with E-state index in [4.69, 9.17) is 9.47 Å². The molecule has 9 heteroatoms. The summed E-state index contributed by atoms with van der Waals surface area (Å²) in [4.78, 5) is 27.5. The Morgan fingerprint density at radius 3 is 2.46 bits per heavy atom. The van der Waals surface area contributed by atoms with Crippen LogP contribution in [-0.2, 0) is 9.53 Å². The number of para-hydroxylation sites is 1. The molecular weight excluding hydrogens is 538 g/mol. The molecule has 2 fully saturated rings. The van der Waals surface area contributed by atoms with E-state index in [1.54, 1.807) is 12.1 Å². The minimum absolute atomic E-state index is 0.0821. The number of nitro groups is 1. The van der Waals surface area contributed by atoms with E-state index >= 15 is 0 Å². The lowest BCUT2D eigenvalue weighted by Gasteiger charge is -2.33. The van der Waals surface area contributed by atoms with Crippen LogP contribution >= 0.6 is 11.8 Å². The monoisotopic (exact) mass is 577 g/mol. The summed E-state index contributed by atoms with van der Waals surface area (Å²) in [6.07, 6.45) is 9.85. The second-order valence-corrected chi connectivity index (χ2v) is 11.6. The first-order valence-electron chi connectivity index (χ1n) is 14.5. The number of nitrogens with zero attached hydrogens (tertiary/aromatic N) is 3. The number of carbonyl (C=O) groups is 1. The van der Waals surface area contributed by atoms with Gasteiger partial charge in [0.25, 0.3) is 5.69 Å². The van der Waals surface area contributed by atoms with Crippen LogP contribution in [0, 0.1) is 33.3 Å². The van der Waals surface area contributed by atoms with Gasteiger partial charge in [0, 0.05) is 49.3 Å². The lowest BCUT2D eigenvalue weighted by Crippen LogP contribution is -2.38. The Hall–Kier alpha value is -3.35. The van der Waals surface area contributed by atoms with E-state index in [0.29, 0.717) is 53.6 Å². The van der Waals surface area contributed by atoms with Gasteiger partial charge in [-0.25, -0.2) is 0 Å². The minimum Gasteiger partial charge on any atom is -0.457 e. The Morgan fingerprint density at radius 2 is 1.83 bits per heavy atom.